The van der Waals surface area contributed by atoms with Crippen molar-refractivity contribution in [3.8, 4) is 11.3 Å². The van der Waals surface area contributed by atoms with Gasteiger partial charge in [0, 0.05) is 29.4 Å². The topological polar surface area (TPSA) is 66.9 Å². The summed E-state index contributed by atoms with van der Waals surface area (Å²) in [5, 5.41) is 6.25. The Labute approximate surface area is 188 Å². The van der Waals surface area contributed by atoms with Gasteiger partial charge < -0.3 is 10.6 Å². The number of hydrogen-bond donors (Lipinski definition) is 2. The average Bonchev–Trinajstić information content (AvgIpc) is 2.84. The maximum absolute atomic E-state index is 12.5. The number of aromatic nitrogens is 2. The zero-order chi connectivity index (χ0) is 22.3. The molecule has 3 aromatic carbocycles. The molecule has 1 amide bonds. The highest BCUT2D eigenvalue weighted by Gasteiger charge is 2.07. The van der Waals surface area contributed by atoms with Gasteiger partial charge in [0.1, 0.15) is 12.1 Å². The van der Waals surface area contributed by atoms with Crippen molar-refractivity contribution in [2.45, 2.75) is 26.3 Å². The van der Waals surface area contributed by atoms with E-state index in [1.807, 2.05) is 48.5 Å². The van der Waals surface area contributed by atoms with Crippen molar-refractivity contribution in [2.24, 2.45) is 0 Å². The Bertz CT molecular complexity index is 1170. The van der Waals surface area contributed by atoms with E-state index in [0.29, 0.717) is 23.8 Å². The number of nitrogens with one attached hydrogen (secondary N) is 2. The van der Waals surface area contributed by atoms with Crippen LogP contribution in [0.1, 0.15) is 41.3 Å². The monoisotopic (exact) mass is 422 g/mol. The van der Waals surface area contributed by atoms with Crippen LogP contribution in [0.5, 0.6) is 0 Å². The fraction of sp³-hybridized carbons (Fsp3) is 0.148. The third-order valence-electron chi connectivity index (χ3n) is 5.26. The molecule has 0 saturated heterocycles. The van der Waals surface area contributed by atoms with E-state index >= 15 is 0 Å². The maximum atomic E-state index is 12.5. The lowest BCUT2D eigenvalue weighted by molar-refractivity contribution is 0.0951. The molecule has 5 heteroatoms. The van der Waals surface area contributed by atoms with Gasteiger partial charge in [0.15, 0.2) is 0 Å². The van der Waals surface area contributed by atoms with Gasteiger partial charge in [-0.1, -0.05) is 68.4 Å². The molecule has 0 spiro atoms. The smallest absolute Gasteiger partial charge is 0.251 e. The number of anilines is 2. The Morgan fingerprint density at radius 2 is 1.59 bits per heavy atom. The van der Waals surface area contributed by atoms with Crippen molar-refractivity contribution in [1.82, 2.24) is 15.3 Å². The fourth-order valence-corrected chi connectivity index (χ4v) is 3.35. The van der Waals surface area contributed by atoms with Crippen molar-refractivity contribution in [3.05, 3.63) is 108 Å². The van der Waals surface area contributed by atoms with Crippen LogP contribution in [-0.4, -0.2) is 15.9 Å². The Hall–Kier alpha value is -3.99. The fourth-order valence-electron chi connectivity index (χ4n) is 3.35. The van der Waals surface area contributed by atoms with E-state index in [4.69, 9.17) is 0 Å². The highest BCUT2D eigenvalue weighted by Crippen LogP contribution is 2.21. The summed E-state index contributed by atoms with van der Waals surface area (Å²) in [6, 6.07) is 27.6. The number of amides is 1. The van der Waals surface area contributed by atoms with E-state index in [9.17, 15) is 4.79 Å². The number of hydrogen-bond acceptors (Lipinski definition) is 4. The summed E-state index contributed by atoms with van der Waals surface area (Å²) in [7, 11) is 0. The van der Waals surface area contributed by atoms with Crippen LogP contribution < -0.4 is 10.6 Å². The molecule has 4 aromatic rings. The molecule has 0 aliphatic carbocycles. The first-order valence-corrected chi connectivity index (χ1v) is 10.7. The quantitative estimate of drug-likeness (QED) is 0.387. The summed E-state index contributed by atoms with van der Waals surface area (Å²) in [6.45, 7) is 4.84. The summed E-state index contributed by atoms with van der Waals surface area (Å²) >= 11 is 0. The molecule has 1 heterocycles. The molecule has 1 aromatic heterocycles. The van der Waals surface area contributed by atoms with Crippen molar-refractivity contribution in [1.29, 1.82) is 0 Å². The largest absolute Gasteiger partial charge is 0.348 e. The zero-order valence-corrected chi connectivity index (χ0v) is 18.2. The van der Waals surface area contributed by atoms with Gasteiger partial charge in [0.2, 0.25) is 0 Å². The van der Waals surface area contributed by atoms with Crippen LogP contribution in [0.3, 0.4) is 0 Å². The molecule has 0 saturated carbocycles. The minimum Gasteiger partial charge on any atom is -0.348 e. The first-order chi connectivity index (χ1) is 15.6. The molecule has 4 rings (SSSR count). The average molecular weight is 423 g/mol. The summed E-state index contributed by atoms with van der Waals surface area (Å²) < 4.78 is 0. The second kappa shape index (κ2) is 9.88. The van der Waals surface area contributed by atoms with E-state index in [-0.39, 0.29) is 5.91 Å². The molecule has 160 valence electrons. The van der Waals surface area contributed by atoms with E-state index < -0.39 is 0 Å². The SMILES string of the molecule is CC(C)c1ccc(CNC(=O)c2ccc(Nc3cc(-c4ccccc4)ncn3)cc2)cc1. The molecule has 0 radical (unpaired) electrons. The van der Waals surface area contributed by atoms with Crippen molar-refractivity contribution in [3.63, 3.8) is 0 Å². The summed E-state index contributed by atoms with van der Waals surface area (Å²) in [4.78, 5) is 21.2. The third kappa shape index (κ3) is 5.38. The zero-order valence-electron chi connectivity index (χ0n) is 18.2. The van der Waals surface area contributed by atoms with Gasteiger partial charge in [-0.25, -0.2) is 9.97 Å². The van der Waals surface area contributed by atoms with Gasteiger partial charge in [-0.05, 0) is 41.3 Å². The Morgan fingerprint density at radius 3 is 2.28 bits per heavy atom. The first kappa shape index (κ1) is 21.2. The van der Waals surface area contributed by atoms with Crippen LogP contribution in [0.25, 0.3) is 11.3 Å². The van der Waals surface area contributed by atoms with Crippen LogP contribution in [0.4, 0.5) is 11.5 Å². The molecular formula is C27H26N4O. The van der Waals surface area contributed by atoms with E-state index in [0.717, 1.165) is 22.5 Å². The van der Waals surface area contributed by atoms with Crippen LogP contribution in [0.2, 0.25) is 0 Å². The summed E-state index contributed by atoms with van der Waals surface area (Å²) in [6.07, 6.45) is 1.54. The second-order valence-electron chi connectivity index (χ2n) is 7.94. The number of benzene rings is 3. The van der Waals surface area contributed by atoms with Crippen LogP contribution >= 0.6 is 0 Å². The number of nitrogens with zero attached hydrogens (tertiary/aromatic N) is 2. The predicted octanol–water partition coefficient (Wildman–Crippen LogP) is 5.94. The Balaban J connectivity index is 1.36. The molecule has 32 heavy (non-hydrogen) atoms. The lowest BCUT2D eigenvalue weighted by atomic mass is 10.0. The molecule has 0 aliphatic heterocycles. The van der Waals surface area contributed by atoms with Gasteiger partial charge in [-0.15, -0.1) is 0 Å². The van der Waals surface area contributed by atoms with Crippen molar-refractivity contribution in [2.75, 3.05) is 5.32 Å². The molecule has 0 aliphatic rings. The summed E-state index contributed by atoms with van der Waals surface area (Å²) in [5.41, 5.74) is 5.72. The van der Waals surface area contributed by atoms with Gasteiger partial charge in [0.05, 0.1) is 5.69 Å². The minimum atomic E-state index is -0.0992. The van der Waals surface area contributed by atoms with E-state index in [1.165, 1.54) is 5.56 Å². The Kier molecular flexibility index (Phi) is 6.56. The minimum absolute atomic E-state index is 0.0992. The predicted molar refractivity (Wildman–Crippen MR) is 129 cm³/mol. The molecule has 0 bridgehead atoms. The number of carbonyl (C=O) groups excluding carboxylic acids is 1. The van der Waals surface area contributed by atoms with Crippen molar-refractivity contribution < 1.29 is 4.79 Å². The molecule has 2 N–H and O–H groups in total. The highest BCUT2D eigenvalue weighted by atomic mass is 16.1. The lowest BCUT2D eigenvalue weighted by Crippen LogP contribution is -2.22. The molecule has 0 atom stereocenters. The molecule has 0 fully saturated rings. The standard InChI is InChI=1S/C27H26N4O/c1-19(2)21-10-8-20(9-11-21)17-28-27(32)23-12-14-24(15-13-23)31-26-16-25(29-18-30-26)22-6-4-3-5-7-22/h3-16,18-19H,17H2,1-2H3,(H,28,32)(H,29,30,31). The van der Waals surface area contributed by atoms with E-state index in [1.54, 1.807) is 18.5 Å². The van der Waals surface area contributed by atoms with Crippen molar-refractivity contribution >= 4 is 17.4 Å². The Morgan fingerprint density at radius 1 is 0.875 bits per heavy atom. The van der Waals surface area contributed by atoms with Gasteiger partial charge in [-0.3, -0.25) is 4.79 Å². The molecule has 5 nitrogen and oxygen atoms in total. The van der Waals surface area contributed by atoms with Gasteiger partial charge in [-0.2, -0.15) is 0 Å². The highest BCUT2D eigenvalue weighted by molar-refractivity contribution is 5.94. The summed E-state index contributed by atoms with van der Waals surface area (Å²) in [5.74, 6) is 1.09. The van der Waals surface area contributed by atoms with Gasteiger partial charge in [0.25, 0.3) is 5.91 Å². The first-order valence-electron chi connectivity index (χ1n) is 10.7. The van der Waals surface area contributed by atoms with Crippen LogP contribution in [-0.2, 0) is 6.54 Å². The molecular weight excluding hydrogens is 396 g/mol. The third-order valence-corrected chi connectivity index (χ3v) is 5.26. The second-order valence-corrected chi connectivity index (χ2v) is 7.94. The maximum Gasteiger partial charge on any atom is 0.251 e. The van der Waals surface area contributed by atoms with Crippen LogP contribution in [0.15, 0.2) is 91.3 Å². The normalized spacial score (nSPS) is 10.7. The van der Waals surface area contributed by atoms with E-state index in [2.05, 4.69) is 58.7 Å². The van der Waals surface area contributed by atoms with Gasteiger partial charge >= 0.3 is 0 Å². The molecule has 0 unspecified atom stereocenters. The lowest BCUT2D eigenvalue weighted by Gasteiger charge is -2.10. The van der Waals surface area contributed by atoms with Crippen LogP contribution in [0, 0.1) is 0 Å². The number of rotatable bonds is 7. The number of carbonyl (C=O) groups is 1.